The summed E-state index contributed by atoms with van der Waals surface area (Å²) in [4.78, 5) is 0. The quantitative estimate of drug-likeness (QED) is 0.522. The van der Waals surface area contributed by atoms with Crippen molar-refractivity contribution in [1.29, 1.82) is 0 Å². The molecule has 9 heavy (non-hydrogen) atoms. The molecule has 1 aromatic carbocycles. The van der Waals surface area contributed by atoms with Gasteiger partial charge in [-0.15, -0.1) is 0 Å². The molecule has 1 aromatic rings. The predicted octanol–water partition coefficient (Wildman–Crippen LogP) is 1.62. The van der Waals surface area contributed by atoms with Crippen molar-refractivity contribution in [2.75, 3.05) is 0 Å². The van der Waals surface area contributed by atoms with Gasteiger partial charge in [-0.25, -0.2) is 0 Å². The predicted molar refractivity (Wildman–Crippen MR) is 35.6 cm³/mol. The fourth-order valence-electron chi connectivity index (χ4n) is 0.650. The normalized spacial score (nSPS) is 9.44. The molecule has 2 heteroatoms. The lowest BCUT2D eigenvalue weighted by Crippen LogP contribution is -1.73. The van der Waals surface area contributed by atoms with Gasteiger partial charge in [-0.2, -0.15) is 0 Å². The van der Waals surface area contributed by atoms with Crippen LogP contribution in [0.25, 0.3) is 0 Å². The molecule has 1 radical (unpaired) electrons. The number of hydrogen-bond acceptors (Lipinski definition) is 1. The van der Waals surface area contributed by atoms with Crippen LogP contribution in [0.2, 0.25) is 0 Å². The van der Waals surface area contributed by atoms with Crippen LogP contribution in [0.1, 0.15) is 5.56 Å². The Morgan fingerprint density at radius 1 is 1.44 bits per heavy atom. The largest absolute Gasteiger partial charge is 0.506 e. The van der Waals surface area contributed by atoms with Gasteiger partial charge in [0.05, 0.1) is 5.69 Å². The van der Waals surface area contributed by atoms with Gasteiger partial charge in [0.25, 0.3) is 0 Å². The SMILES string of the molecule is Cc1ccc(O)c([NH])c1. The zero-order valence-electron chi connectivity index (χ0n) is 5.18. The molecule has 0 atom stereocenters. The zero-order chi connectivity index (χ0) is 6.85. The molecular formula is C7H8NO. The average molecular weight is 122 g/mol. The standard InChI is InChI=1S/C7H8NO/c1-5-2-3-7(9)6(8)4-5/h2-4,8-9H,1H3. The smallest absolute Gasteiger partial charge is 0.140 e. The number of aromatic hydroxyl groups is 1. The summed E-state index contributed by atoms with van der Waals surface area (Å²) < 4.78 is 0. The maximum Gasteiger partial charge on any atom is 0.140 e. The van der Waals surface area contributed by atoms with Crippen LogP contribution in [0.3, 0.4) is 0 Å². The summed E-state index contributed by atoms with van der Waals surface area (Å²) in [7, 11) is 0. The Labute approximate surface area is 53.9 Å². The van der Waals surface area contributed by atoms with Gasteiger partial charge in [-0.05, 0) is 24.6 Å². The highest BCUT2D eigenvalue weighted by molar-refractivity contribution is 5.49. The van der Waals surface area contributed by atoms with Gasteiger partial charge in [0, 0.05) is 0 Å². The summed E-state index contributed by atoms with van der Waals surface area (Å²) in [6.45, 7) is 1.89. The van der Waals surface area contributed by atoms with Crippen molar-refractivity contribution < 1.29 is 5.11 Å². The molecule has 0 aliphatic rings. The monoisotopic (exact) mass is 122 g/mol. The van der Waals surface area contributed by atoms with Crippen LogP contribution in [0.15, 0.2) is 18.2 Å². The number of aryl methyl sites for hydroxylation is 1. The van der Waals surface area contributed by atoms with E-state index in [-0.39, 0.29) is 11.4 Å². The third-order valence-corrected chi connectivity index (χ3v) is 1.15. The molecule has 0 saturated heterocycles. The van der Waals surface area contributed by atoms with Crippen LogP contribution < -0.4 is 5.73 Å². The van der Waals surface area contributed by atoms with E-state index in [0.29, 0.717) is 0 Å². The van der Waals surface area contributed by atoms with E-state index in [0.717, 1.165) is 5.56 Å². The summed E-state index contributed by atoms with van der Waals surface area (Å²) >= 11 is 0. The maximum atomic E-state index is 8.86. The number of nitrogens with one attached hydrogen (secondary N) is 1. The first kappa shape index (κ1) is 5.95. The minimum absolute atomic E-state index is 0.0422. The van der Waals surface area contributed by atoms with Crippen molar-refractivity contribution in [2.45, 2.75) is 6.92 Å². The Hall–Kier alpha value is -1.18. The maximum absolute atomic E-state index is 8.86. The zero-order valence-corrected chi connectivity index (χ0v) is 5.18. The number of rotatable bonds is 0. The van der Waals surface area contributed by atoms with Gasteiger partial charge in [0.15, 0.2) is 0 Å². The highest BCUT2D eigenvalue weighted by Gasteiger charge is 1.93. The first-order valence-corrected chi connectivity index (χ1v) is 2.71. The number of phenols is 1. The molecule has 2 nitrogen and oxygen atoms in total. The van der Waals surface area contributed by atoms with Gasteiger partial charge in [-0.1, -0.05) is 6.07 Å². The molecule has 0 unspecified atom stereocenters. The molecule has 2 N–H and O–H groups in total. The molecule has 0 saturated carbocycles. The van der Waals surface area contributed by atoms with Crippen molar-refractivity contribution >= 4 is 5.69 Å². The van der Waals surface area contributed by atoms with E-state index >= 15 is 0 Å². The topological polar surface area (TPSA) is 44.0 Å². The van der Waals surface area contributed by atoms with Crippen LogP contribution in [-0.4, -0.2) is 5.11 Å². The Morgan fingerprint density at radius 3 is 2.56 bits per heavy atom. The second-order valence-electron chi connectivity index (χ2n) is 2.02. The third-order valence-electron chi connectivity index (χ3n) is 1.15. The number of hydrogen-bond donors (Lipinski definition) is 1. The first-order chi connectivity index (χ1) is 4.20. The number of benzene rings is 1. The van der Waals surface area contributed by atoms with E-state index in [4.69, 9.17) is 10.8 Å². The van der Waals surface area contributed by atoms with Gasteiger partial charge in [0.2, 0.25) is 0 Å². The van der Waals surface area contributed by atoms with Crippen LogP contribution >= 0.6 is 0 Å². The van der Waals surface area contributed by atoms with Crippen LogP contribution in [-0.2, 0) is 0 Å². The summed E-state index contributed by atoms with van der Waals surface area (Å²) in [6.07, 6.45) is 0. The molecule has 0 heterocycles. The number of phenolic OH excluding ortho intramolecular Hbond substituents is 1. The average Bonchev–Trinajstić information content (AvgIpc) is 1.80. The molecular weight excluding hydrogens is 114 g/mol. The molecule has 0 fully saturated rings. The highest BCUT2D eigenvalue weighted by Crippen LogP contribution is 2.20. The molecule has 0 aromatic heterocycles. The van der Waals surface area contributed by atoms with E-state index in [1.54, 1.807) is 12.1 Å². The van der Waals surface area contributed by atoms with Gasteiger partial charge >= 0.3 is 0 Å². The third kappa shape index (κ3) is 1.13. The Bertz CT molecular complexity index is 220. The Balaban J connectivity index is 3.17. The highest BCUT2D eigenvalue weighted by atomic mass is 16.3. The molecule has 0 aliphatic carbocycles. The molecule has 47 valence electrons. The van der Waals surface area contributed by atoms with Crippen molar-refractivity contribution in [1.82, 2.24) is 5.73 Å². The van der Waals surface area contributed by atoms with E-state index in [1.165, 1.54) is 6.07 Å². The molecule has 0 aliphatic heterocycles. The van der Waals surface area contributed by atoms with Crippen LogP contribution in [0, 0.1) is 6.92 Å². The molecule has 0 spiro atoms. The van der Waals surface area contributed by atoms with Crippen LogP contribution in [0.5, 0.6) is 5.75 Å². The second-order valence-corrected chi connectivity index (χ2v) is 2.02. The Kier molecular flexibility index (Phi) is 1.30. The van der Waals surface area contributed by atoms with Crippen molar-refractivity contribution in [2.24, 2.45) is 0 Å². The minimum atomic E-state index is 0.0422. The lowest BCUT2D eigenvalue weighted by atomic mass is 10.2. The van der Waals surface area contributed by atoms with Crippen LogP contribution in [0.4, 0.5) is 5.69 Å². The summed E-state index contributed by atoms with van der Waals surface area (Å²) in [5, 5.41) is 8.86. The summed E-state index contributed by atoms with van der Waals surface area (Å²) in [5.74, 6) is 0.0422. The molecule has 1 rings (SSSR count). The van der Waals surface area contributed by atoms with Crippen molar-refractivity contribution in [3.63, 3.8) is 0 Å². The van der Waals surface area contributed by atoms with Crippen molar-refractivity contribution in [3.05, 3.63) is 23.8 Å². The van der Waals surface area contributed by atoms with E-state index in [2.05, 4.69) is 0 Å². The fraction of sp³-hybridized carbons (Fsp3) is 0.143. The Morgan fingerprint density at radius 2 is 2.11 bits per heavy atom. The minimum Gasteiger partial charge on any atom is -0.506 e. The van der Waals surface area contributed by atoms with E-state index in [1.807, 2.05) is 6.92 Å². The van der Waals surface area contributed by atoms with Crippen molar-refractivity contribution in [3.8, 4) is 5.75 Å². The lowest BCUT2D eigenvalue weighted by Gasteiger charge is -1.95. The van der Waals surface area contributed by atoms with Gasteiger partial charge in [0.1, 0.15) is 5.75 Å². The summed E-state index contributed by atoms with van der Waals surface area (Å²) in [6, 6.07) is 4.92. The second kappa shape index (κ2) is 1.97. The summed E-state index contributed by atoms with van der Waals surface area (Å²) in [5.41, 5.74) is 8.30. The molecule has 0 bridgehead atoms. The molecule has 0 amide bonds. The first-order valence-electron chi connectivity index (χ1n) is 2.71. The fourth-order valence-corrected chi connectivity index (χ4v) is 0.650. The van der Waals surface area contributed by atoms with Gasteiger partial charge in [-0.3, -0.25) is 5.73 Å². The van der Waals surface area contributed by atoms with E-state index in [9.17, 15) is 0 Å². The van der Waals surface area contributed by atoms with E-state index < -0.39 is 0 Å². The van der Waals surface area contributed by atoms with Gasteiger partial charge < -0.3 is 5.11 Å². The lowest BCUT2D eigenvalue weighted by molar-refractivity contribution is 0.476.